The summed E-state index contributed by atoms with van der Waals surface area (Å²) >= 11 is 6.03. The summed E-state index contributed by atoms with van der Waals surface area (Å²) in [7, 11) is 0. The van der Waals surface area contributed by atoms with Crippen molar-refractivity contribution >= 4 is 17.2 Å². The van der Waals surface area contributed by atoms with Gasteiger partial charge in [0.2, 0.25) is 0 Å². The van der Waals surface area contributed by atoms with E-state index in [1.807, 2.05) is 65.9 Å². The third kappa shape index (κ3) is 3.59. The Labute approximate surface area is 162 Å². The second kappa shape index (κ2) is 7.13. The van der Waals surface area contributed by atoms with E-state index in [0.29, 0.717) is 11.6 Å². The van der Waals surface area contributed by atoms with Crippen LogP contribution in [0.2, 0.25) is 5.02 Å². The summed E-state index contributed by atoms with van der Waals surface area (Å²) in [6, 6.07) is 8.04. The van der Waals surface area contributed by atoms with Gasteiger partial charge in [-0.3, -0.25) is 4.57 Å². The molecule has 0 amide bonds. The van der Waals surface area contributed by atoms with E-state index in [4.69, 9.17) is 11.6 Å². The fourth-order valence-corrected chi connectivity index (χ4v) is 3.17. The summed E-state index contributed by atoms with van der Waals surface area (Å²) in [5, 5.41) is 4.19. The second-order valence-corrected chi connectivity index (χ2v) is 7.12. The van der Waals surface area contributed by atoms with E-state index >= 15 is 0 Å². The van der Waals surface area contributed by atoms with Crippen molar-refractivity contribution in [2.24, 2.45) is 0 Å². The van der Waals surface area contributed by atoms with Crippen molar-refractivity contribution in [3.05, 3.63) is 76.9 Å². The highest BCUT2D eigenvalue weighted by molar-refractivity contribution is 6.30. The highest BCUT2D eigenvalue weighted by Crippen LogP contribution is 2.17. The molecule has 7 heteroatoms. The monoisotopic (exact) mass is 380 g/mol. The first-order chi connectivity index (χ1) is 13.0. The van der Waals surface area contributed by atoms with Gasteiger partial charge in [0.25, 0.3) is 0 Å². The Morgan fingerprint density at radius 3 is 2.67 bits per heavy atom. The maximum absolute atomic E-state index is 6.03. The van der Waals surface area contributed by atoms with Gasteiger partial charge < -0.3 is 9.72 Å². The largest absolute Gasteiger partial charge is 0.305 e. The number of fused-ring (bicyclic) bond motifs is 1. The maximum atomic E-state index is 6.03. The molecule has 138 valence electrons. The Balaban J connectivity index is 1.44. The summed E-state index contributed by atoms with van der Waals surface area (Å²) in [6.07, 6.45) is 7.57. The lowest BCUT2D eigenvalue weighted by atomic mass is 10.1. The Bertz CT molecular complexity index is 1080. The molecular formula is C20H21ClN6. The number of halogens is 1. The van der Waals surface area contributed by atoms with Crippen molar-refractivity contribution in [1.82, 2.24) is 29.2 Å². The minimum atomic E-state index is 0.158. The van der Waals surface area contributed by atoms with Gasteiger partial charge >= 0.3 is 0 Å². The van der Waals surface area contributed by atoms with E-state index < -0.39 is 0 Å². The minimum absolute atomic E-state index is 0.158. The summed E-state index contributed by atoms with van der Waals surface area (Å²) in [5.41, 5.74) is 5.11. The van der Waals surface area contributed by atoms with Gasteiger partial charge in [-0.05, 0) is 44.5 Å². The molecule has 0 aromatic carbocycles. The van der Waals surface area contributed by atoms with Crippen LogP contribution in [-0.4, -0.2) is 23.9 Å². The number of rotatable bonds is 5. The first-order valence-electron chi connectivity index (χ1n) is 8.84. The third-order valence-corrected chi connectivity index (χ3v) is 5.05. The first kappa shape index (κ1) is 17.7. The van der Waals surface area contributed by atoms with Crippen molar-refractivity contribution in [3.63, 3.8) is 0 Å². The molecule has 0 saturated carbocycles. The van der Waals surface area contributed by atoms with E-state index in [0.717, 1.165) is 34.1 Å². The number of hydrogen-bond acceptors (Lipinski definition) is 4. The van der Waals surface area contributed by atoms with Crippen LogP contribution in [-0.2, 0) is 6.54 Å². The van der Waals surface area contributed by atoms with E-state index in [-0.39, 0.29) is 6.04 Å². The van der Waals surface area contributed by atoms with E-state index in [1.54, 1.807) is 0 Å². The minimum Gasteiger partial charge on any atom is -0.305 e. The predicted molar refractivity (Wildman–Crippen MR) is 106 cm³/mol. The maximum Gasteiger partial charge on any atom is 0.138 e. The molecule has 4 aromatic heterocycles. The molecular weight excluding hydrogens is 360 g/mol. The molecule has 0 fully saturated rings. The van der Waals surface area contributed by atoms with Crippen LogP contribution < -0.4 is 5.32 Å². The average molecular weight is 381 g/mol. The van der Waals surface area contributed by atoms with Gasteiger partial charge in [0, 0.05) is 36.9 Å². The molecule has 1 N–H and O–H groups in total. The number of nitrogens with one attached hydrogen (secondary N) is 1. The fourth-order valence-electron chi connectivity index (χ4n) is 3.00. The molecule has 4 aromatic rings. The van der Waals surface area contributed by atoms with E-state index in [2.05, 4.69) is 33.3 Å². The highest BCUT2D eigenvalue weighted by Gasteiger charge is 2.10. The molecule has 1 unspecified atom stereocenters. The average Bonchev–Trinajstić information content (AvgIpc) is 3.22. The smallest absolute Gasteiger partial charge is 0.138 e. The van der Waals surface area contributed by atoms with Crippen molar-refractivity contribution in [1.29, 1.82) is 0 Å². The number of nitrogens with zero attached hydrogens (tertiary/aromatic N) is 5. The Morgan fingerprint density at radius 2 is 1.96 bits per heavy atom. The lowest BCUT2D eigenvalue weighted by Gasteiger charge is -2.14. The van der Waals surface area contributed by atoms with E-state index in [9.17, 15) is 0 Å². The zero-order chi connectivity index (χ0) is 19.0. The molecule has 0 radical (unpaired) electrons. The lowest BCUT2D eigenvalue weighted by Crippen LogP contribution is -2.18. The van der Waals surface area contributed by atoms with E-state index in [1.165, 1.54) is 0 Å². The number of pyridine rings is 2. The molecule has 6 nitrogen and oxygen atoms in total. The van der Waals surface area contributed by atoms with Crippen molar-refractivity contribution in [2.45, 2.75) is 33.4 Å². The van der Waals surface area contributed by atoms with Crippen LogP contribution in [0, 0.1) is 13.8 Å². The van der Waals surface area contributed by atoms with Gasteiger partial charge in [-0.1, -0.05) is 17.7 Å². The molecule has 0 aliphatic heterocycles. The third-order valence-electron chi connectivity index (χ3n) is 4.82. The van der Waals surface area contributed by atoms with Gasteiger partial charge in [-0.25, -0.2) is 15.0 Å². The Kier molecular flexibility index (Phi) is 4.68. The topological polar surface area (TPSA) is 60.0 Å². The summed E-state index contributed by atoms with van der Waals surface area (Å²) in [4.78, 5) is 13.5. The number of aromatic nitrogens is 5. The van der Waals surface area contributed by atoms with Gasteiger partial charge in [0.1, 0.15) is 17.8 Å². The molecule has 0 spiro atoms. The van der Waals surface area contributed by atoms with Crippen LogP contribution in [0.4, 0.5) is 0 Å². The van der Waals surface area contributed by atoms with Crippen LogP contribution in [0.3, 0.4) is 0 Å². The quantitative estimate of drug-likeness (QED) is 0.567. The Hall–Kier alpha value is -2.70. The molecule has 4 heterocycles. The molecule has 1 atom stereocenters. The van der Waals surface area contributed by atoms with Crippen LogP contribution >= 0.6 is 11.6 Å². The standard InChI is InChI=1S/C20H21ClN6/c1-13-15(3)27(12-24-13)19-6-4-16(8-23-19)14(2)22-9-18-11-26-10-17(21)5-7-20(26)25-18/h4-8,10-12,14,22H,9H2,1-3H3. The molecule has 0 saturated heterocycles. The molecule has 27 heavy (non-hydrogen) atoms. The van der Waals surface area contributed by atoms with Crippen LogP contribution in [0.15, 0.2) is 49.2 Å². The number of imidazole rings is 2. The molecule has 0 aliphatic carbocycles. The fraction of sp³-hybridized carbons (Fsp3) is 0.250. The van der Waals surface area contributed by atoms with Crippen LogP contribution in [0.1, 0.15) is 35.6 Å². The summed E-state index contributed by atoms with van der Waals surface area (Å²) < 4.78 is 3.94. The summed E-state index contributed by atoms with van der Waals surface area (Å²) in [5.74, 6) is 0.876. The SMILES string of the molecule is Cc1ncn(-c2ccc(C(C)NCc3cn4cc(Cl)ccc4n3)cn2)c1C. The van der Waals surface area contributed by atoms with Crippen LogP contribution in [0.5, 0.6) is 0 Å². The number of hydrogen-bond donors (Lipinski definition) is 1. The van der Waals surface area contributed by atoms with Crippen molar-refractivity contribution < 1.29 is 0 Å². The molecule has 4 rings (SSSR count). The second-order valence-electron chi connectivity index (χ2n) is 6.68. The van der Waals surface area contributed by atoms with Gasteiger partial charge in [0.15, 0.2) is 0 Å². The first-order valence-corrected chi connectivity index (χ1v) is 9.22. The van der Waals surface area contributed by atoms with Gasteiger partial charge in [0.05, 0.1) is 16.4 Å². The van der Waals surface area contributed by atoms with Gasteiger partial charge in [-0.15, -0.1) is 0 Å². The van der Waals surface area contributed by atoms with Gasteiger partial charge in [-0.2, -0.15) is 0 Å². The zero-order valence-electron chi connectivity index (χ0n) is 15.5. The normalized spacial score (nSPS) is 12.6. The Morgan fingerprint density at radius 1 is 1.11 bits per heavy atom. The van der Waals surface area contributed by atoms with Crippen molar-refractivity contribution in [3.8, 4) is 5.82 Å². The van der Waals surface area contributed by atoms with Crippen LogP contribution in [0.25, 0.3) is 11.5 Å². The molecule has 0 aliphatic rings. The lowest BCUT2D eigenvalue weighted by molar-refractivity contribution is 0.567. The number of aryl methyl sites for hydroxylation is 1. The zero-order valence-corrected chi connectivity index (χ0v) is 16.3. The highest BCUT2D eigenvalue weighted by atomic mass is 35.5. The van der Waals surface area contributed by atoms with Crippen molar-refractivity contribution in [2.75, 3.05) is 0 Å². The molecule has 0 bridgehead atoms. The predicted octanol–water partition coefficient (Wildman–Crippen LogP) is 4.04. The summed E-state index contributed by atoms with van der Waals surface area (Å²) in [6.45, 7) is 6.83.